The van der Waals surface area contributed by atoms with E-state index in [1.165, 1.54) is 5.57 Å². The molecule has 4 aliphatic rings. The molecule has 1 aliphatic carbocycles. The van der Waals surface area contributed by atoms with Crippen LogP contribution >= 0.6 is 11.6 Å². The monoisotopic (exact) mass is 413 g/mol. The molecular formula is C20H36ClN5O2. The Hall–Kier alpha value is -0.250. The molecule has 5 N–H and O–H groups in total. The Kier molecular flexibility index (Phi) is 6.95. The zero-order valence-electron chi connectivity index (χ0n) is 17.2. The van der Waals surface area contributed by atoms with Gasteiger partial charge in [0, 0.05) is 30.6 Å². The molecule has 0 spiro atoms. The van der Waals surface area contributed by atoms with E-state index < -0.39 is 0 Å². The molecule has 0 bridgehead atoms. The van der Waals surface area contributed by atoms with Gasteiger partial charge in [-0.15, -0.1) is 11.6 Å². The van der Waals surface area contributed by atoms with Crippen LogP contribution in [0.2, 0.25) is 0 Å². The summed E-state index contributed by atoms with van der Waals surface area (Å²) < 4.78 is 12.0. The largest absolute Gasteiger partial charge is 0.349 e. The first-order chi connectivity index (χ1) is 13.5. The van der Waals surface area contributed by atoms with Gasteiger partial charge in [0.05, 0.1) is 23.8 Å². The van der Waals surface area contributed by atoms with Crippen molar-refractivity contribution in [2.45, 2.75) is 87.7 Å². The fourth-order valence-electron chi connectivity index (χ4n) is 5.15. The molecule has 1 saturated carbocycles. The van der Waals surface area contributed by atoms with Crippen molar-refractivity contribution in [3.8, 4) is 0 Å². The Morgan fingerprint density at radius 3 is 2.82 bits per heavy atom. The maximum Gasteiger partial charge on any atom is 0.147 e. The van der Waals surface area contributed by atoms with E-state index in [1.807, 2.05) is 7.05 Å². The lowest BCUT2D eigenvalue weighted by Gasteiger charge is -2.45. The maximum atomic E-state index is 7.13. The average molecular weight is 414 g/mol. The Morgan fingerprint density at radius 2 is 2.00 bits per heavy atom. The van der Waals surface area contributed by atoms with Crippen LogP contribution < -0.4 is 26.6 Å². The lowest BCUT2D eigenvalue weighted by Crippen LogP contribution is -2.69. The SMILES string of the molecule is CNC1CC(C)NC(NC2CC3OCOC3C(C3=CCN[C@@H](C)CC3)C2Cl)N1. The van der Waals surface area contributed by atoms with E-state index in [2.05, 4.69) is 46.5 Å². The molecule has 0 amide bonds. The second-order valence-electron chi connectivity index (χ2n) is 8.80. The molecule has 0 aromatic heterocycles. The molecule has 0 aromatic rings. The van der Waals surface area contributed by atoms with Gasteiger partial charge in [-0.25, -0.2) is 0 Å². The van der Waals surface area contributed by atoms with Crippen molar-refractivity contribution in [3.05, 3.63) is 11.6 Å². The molecule has 0 radical (unpaired) electrons. The standard InChI is InChI=1S/C20H36ClN5O2/c1-11-4-5-13(6-7-23-11)17-18(21)14(9-15-19(17)28-10-27-15)25-20-24-12(2)8-16(22-3)26-20/h6,11-12,14-20,22-26H,4-5,7-10H2,1-3H3/t11-,12?,14?,15?,16?,17?,18?,19?,20?/m0/s1. The highest BCUT2D eigenvalue weighted by molar-refractivity contribution is 6.21. The summed E-state index contributed by atoms with van der Waals surface area (Å²) in [4.78, 5) is 0. The van der Waals surface area contributed by atoms with Gasteiger partial charge in [-0.05, 0) is 46.6 Å². The lowest BCUT2D eigenvalue weighted by atomic mass is 9.75. The predicted molar refractivity (Wildman–Crippen MR) is 111 cm³/mol. The van der Waals surface area contributed by atoms with Gasteiger partial charge < -0.3 is 20.1 Å². The summed E-state index contributed by atoms with van der Waals surface area (Å²) in [6.07, 6.45) is 6.94. The predicted octanol–water partition coefficient (Wildman–Crippen LogP) is 0.812. The normalized spacial score (nSPS) is 47.3. The summed E-state index contributed by atoms with van der Waals surface area (Å²) in [6.45, 7) is 5.75. The highest BCUT2D eigenvalue weighted by Crippen LogP contribution is 2.41. The molecule has 28 heavy (non-hydrogen) atoms. The minimum absolute atomic E-state index is 0.0248. The molecule has 3 aliphatic heterocycles. The summed E-state index contributed by atoms with van der Waals surface area (Å²) in [7, 11) is 2.00. The van der Waals surface area contributed by atoms with E-state index in [-0.39, 0.29) is 42.0 Å². The summed E-state index contributed by atoms with van der Waals surface area (Å²) in [5, 5.41) is 17.8. The first kappa shape index (κ1) is 21.0. The van der Waals surface area contributed by atoms with Gasteiger partial charge in [0.2, 0.25) is 0 Å². The number of ether oxygens (including phenoxy) is 2. The molecule has 160 valence electrons. The molecule has 9 atom stereocenters. The van der Waals surface area contributed by atoms with E-state index in [0.717, 1.165) is 32.2 Å². The van der Waals surface area contributed by atoms with Crippen molar-refractivity contribution in [2.75, 3.05) is 20.4 Å². The van der Waals surface area contributed by atoms with Crippen LogP contribution in [0.5, 0.6) is 0 Å². The zero-order chi connectivity index (χ0) is 19.7. The molecule has 3 fully saturated rings. The van der Waals surface area contributed by atoms with Crippen LogP contribution in [0.15, 0.2) is 11.6 Å². The van der Waals surface area contributed by atoms with E-state index in [9.17, 15) is 0 Å². The van der Waals surface area contributed by atoms with Crippen molar-refractivity contribution < 1.29 is 9.47 Å². The number of halogens is 1. The Labute approximate surface area is 173 Å². The van der Waals surface area contributed by atoms with Crippen molar-refractivity contribution in [3.63, 3.8) is 0 Å². The highest BCUT2D eigenvalue weighted by atomic mass is 35.5. The zero-order valence-corrected chi connectivity index (χ0v) is 18.0. The molecule has 4 rings (SSSR count). The number of rotatable bonds is 4. The van der Waals surface area contributed by atoms with Crippen molar-refractivity contribution >= 4 is 11.6 Å². The fraction of sp³-hybridized carbons (Fsp3) is 0.900. The van der Waals surface area contributed by atoms with Crippen LogP contribution in [-0.4, -0.2) is 68.6 Å². The Bertz CT molecular complexity index is 565. The van der Waals surface area contributed by atoms with E-state index in [0.29, 0.717) is 18.9 Å². The van der Waals surface area contributed by atoms with Gasteiger partial charge >= 0.3 is 0 Å². The number of nitrogens with one attached hydrogen (secondary N) is 5. The number of hydrogen-bond acceptors (Lipinski definition) is 7. The van der Waals surface area contributed by atoms with Crippen LogP contribution in [0.1, 0.15) is 39.5 Å². The van der Waals surface area contributed by atoms with Crippen LogP contribution in [0.25, 0.3) is 0 Å². The van der Waals surface area contributed by atoms with E-state index in [1.54, 1.807) is 0 Å². The second kappa shape index (κ2) is 9.27. The van der Waals surface area contributed by atoms with Crippen LogP contribution in [0.4, 0.5) is 0 Å². The quantitative estimate of drug-likeness (QED) is 0.345. The Morgan fingerprint density at radius 1 is 1.14 bits per heavy atom. The lowest BCUT2D eigenvalue weighted by molar-refractivity contribution is 0.0319. The van der Waals surface area contributed by atoms with Crippen molar-refractivity contribution in [1.29, 1.82) is 0 Å². The van der Waals surface area contributed by atoms with Gasteiger partial charge in [-0.2, -0.15) is 0 Å². The first-order valence-electron chi connectivity index (χ1n) is 10.8. The molecule has 0 aromatic carbocycles. The van der Waals surface area contributed by atoms with E-state index in [4.69, 9.17) is 21.1 Å². The summed E-state index contributed by atoms with van der Waals surface area (Å²) in [6, 6.07) is 1.12. The molecule has 3 heterocycles. The molecule has 8 unspecified atom stereocenters. The van der Waals surface area contributed by atoms with E-state index >= 15 is 0 Å². The number of hydrogen-bond donors (Lipinski definition) is 5. The third kappa shape index (κ3) is 4.57. The Balaban J connectivity index is 1.48. The topological polar surface area (TPSA) is 78.6 Å². The van der Waals surface area contributed by atoms with Crippen molar-refractivity contribution in [2.24, 2.45) is 5.92 Å². The fourth-order valence-corrected chi connectivity index (χ4v) is 5.63. The minimum atomic E-state index is -0.0310. The average Bonchev–Trinajstić information content (AvgIpc) is 3.02. The molecule has 7 nitrogen and oxygen atoms in total. The minimum Gasteiger partial charge on any atom is -0.349 e. The van der Waals surface area contributed by atoms with Crippen molar-refractivity contribution in [1.82, 2.24) is 26.6 Å². The van der Waals surface area contributed by atoms with Crippen LogP contribution in [0.3, 0.4) is 0 Å². The van der Waals surface area contributed by atoms with Gasteiger partial charge in [0.15, 0.2) is 0 Å². The smallest absolute Gasteiger partial charge is 0.147 e. The summed E-state index contributed by atoms with van der Waals surface area (Å²) in [5.41, 5.74) is 1.43. The van der Waals surface area contributed by atoms with Gasteiger partial charge in [0.25, 0.3) is 0 Å². The first-order valence-corrected chi connectivity index (χ1v) is 11.2. The van der Waals surface area contributed by atoms with Gasteiger partial charge in [0.1, 0.15) is 13.1 Å². The van der Waals surface area contributed by atoms with Crippen LogP contribution in [-0.2, 0) is 9.47 Å². The third-order valence-electron chi connectivity index (χ3n) is 6.74. The number of fused-ring (bicyclic) bond motifs is 1. The summed E-state index contributed by atoms with van der Waals surface area (Å²) in [5.74, 6) is 0.189. The van der Waals surface area contributed by atoms with Gasteiger partial charge in [-0.3, -0.25) is 16.0 Å². The molecule has 8 heteroatoms. The third-order valence-corrected chi connectivity index (χ3v) is 7.31. The van der Waals surface area contributed by atoms with Gasteiger partial charge in [-0.1, -0.05) is 11.6 Å². The maximum absolute atomic E-state index is 7.13. The second-order valence-corrected chi connectivity index (χ2v) is 9.31. The summed E-state index contributed by atoms with van der Waals surface area (Å²) >= 11 is 7.13. The molecule has 2 saturated heterocycles. The number of alkyl halides is 1. The molecular weight excluding hydrogens is 378 g/mol. The van der Waals surface area contributed by atoms with Crippen LogP contribution in [0, 0.1) is 5.92 Å². The highest BCUT2D eigenvalue weighted by Gasteiger charge is 2.49.